The van der Waals surface area contributed by atoms with E-state index in [1.807, 2.05) is 24.3 Å². The van der Waals surface area contributed by atoms with Crippen LogP contribution in [0.15, 0.2) is 94.6 Å². The quantitative estimate of drug-likeness (QED) is 0.174. The highest BCUT2D eigenvalue weighted by Crippen LogP contribution is 2.28. The Morgan fingerprint density at radius 3 is 2.33 bits per heavy atom. The number of nitrogens with one attached hydrogen (secondary N) is 2. The fraction of sp³-hybridized carbons (Fsp3) is 0.167. The number of aromatic nitrogens is 3. The smallest absolute Gasteiger partial charge is 0.393 e. The minimum absolute atomic E-state index is 0.0406. The van der Waals surface area contributed by atoms with Gasteiger partial charge >= 0.3 is 6.18 Å². The molecule has 0 amide bonds. The van der Waals surface area contributed by atoms with E-state index in [1.54, 1.807) is 32.0 Å². The Balaban J connectivity index is 1.26. The molecule has 0 bridgehead atoms. The van der Waals surface area contributed by atoms with Crippen LogP contribution in [0.5, 0.6) is 5.75 Å². The highest BCUT2D eigenvalue weighted by molar-refractivity contribution is 7.92. The summed E-state index contributed by atoms with van der Waals surface area (Å²) in [5.74, 6) is 0.984. The monoisotopic (exact) mass is 609 g/mol. The standard InChI is InChI=1S/C30H26F3N5O4S/c1-19-20(2)37-42-29(19)38-43(39,40)25-13-9-23(10-14-25)36-28-15-27(34-18-35-28)26-6-4-3-5-22(26)17-41-24-11-7-21(8-12-24)16-30(31,32)33/h3-15,18,38H,16-17H2,1-2H3,(H,34,35,36). The number of alkyl halides is 3. The number of ether oxygens (including phenoxy) is 1. The molecular weight excluding hydrogens is 583 g/mol. The lowest BCUT2D eigenvalue weighted by molar-refractivity contribution is -0.127. The molecule has 2 aromatic heterocycles. The number of hydrogen-bond acceptors (Lipinski definition) is 8. The number of anilines is 3. The molecule has 2 heterocycles. The van der Waals surface area contributed by atoms with E-state index in [-0.39, 0.29) is 22.9 Å². The Hall–Kier alpha value is -4.91. The predicted molar refractivity (Wildman–Crippen MR) is 155 cm³/mol. The molecule has 0 radical (unpaired) electrons. The van der Waals surface area contributed by atoms with Gasteiger partial charge in [0.05, 0.1) is 22.7 Å². The summed E-state index contributed by atoms with van der Waals surface area (Å²) >= 11 is 0. The van der Waals surface area contributed by atoms with E-state index in [1.165, 1.54) is 42.7 Å². The lowest BCUT2D eigenvalue weighted by Gasteiger charge is -2.13. The van der Waals surface area contributed by atoms with Crippen LogP contribution in [-0.4, -0.2) is 29.7 Å². The second-order valence-corrected chi connectivity index (χ2v) is 11.3. The average molecular weight is 610 g/mol. The van der Waals surface area contributed by atoms with E-state index in [4.69, 9.17) is 9.26 Å². The number of rotatable bonds is 10. The number of nitrogens with zero attached hydrogens (tertiary/aromatic N) is 3. The Morgan fingerprint density at radius 2 is 1.65 bits per heavy atom. The van der Waals surface area contributed by atoms with Crippen molar-refractivity contribution in [2.45, 2.75) is 37.9 Å². The summed E-state index contributed by atoms with van der Waals surface area (Å²) in [7, 11) is -3.89. The molecule has 0 fully saturated rings. The third kappa shape index (κ3) is 7.49. The number of sulfonamides is 1. The maximum atomic E-state index is 12.8. The third-order valence-corrected chi connectivity index (χ3v) is 7.85. The van der Waals surface area contributed by atoms with Crippen LogP contribution in [0.4, 0.5) is 30.6 Å². The maximum absolute atomic E-state index is 12.8. The molecule has 5 aromatic rings. The van der Waals surface area contributed by atoms with Crippen molar-refractivity contribution in [2.75, 3.05) is 10.0 Å². The first-order valence-electron chi connectivity index (χ1n) is 13.0. The van der Waals surface area contributed by atoms with Gasteiger partial charge in [-0.25, -0.2) is 23.1 Å². The van der Waals surface area contributed by atoms with Crippen LogP contribution in [0.1, 0.15) is 22.4 Å². The van der Waals surface area contributed by atoms with Crippen LogP contribution in [0, 0.1) is 13.8 Å². The Bertz CT molecular complexity index is 1820. The molecule has 2 N–H and O–H groups in total. The molecule has 9 nitrogen and oxygen atoms in total. The highest BCUT2D eigenvalue weighted by Gasteiger charge is 2.27. The SMILES string of the molecule is Cc1noc(NS(=O)(=O)c2ccc(Nc3cc(-c4ccccc4COc4ccc(CC(F)(F)F)cc4)ncn3)cc2)c1C. The van der Waals surface area contributed by atoms with Crippen molar-refractivity contribution >= 4 is 27.4 Å². The molecule has 0 aliphatic heterocycles. The summed E-state index contributed by atoms with van der Waals surface area (Å²) in [4.78, 5) is 8.71. The fourth-order valence-electron chi connectivity index (χ4n) is 4.12. The lowest BCUT2D eigenvalue weighted by atomic mass is 10.0. The van der Waals surface area contributed by atoms with Crippen LogP contribution in [0.2, 0.25) is 0 Å². The molecular formula is C30H26F3N5O4S. The Labute approximate surface area is 245 Å². The van der Waals surface area contributed by atoms with Crippen molar-refractivity contribution in [1.29, 1.82) is 0 Å². The van der Waals surface area contributed by atoms with Crippen LogP contribution in [0.3, 0.4) is 0 Å². The minimum atomic E-state index is -4.27. The molecule has 0 saturated carbocycles. The first-order chi connectivity index (χ1) is 20.5. The average Bonchev–Trinajstić information content (AvgIpc) is 3.28. The predicted octanol–water partition coefficient (Wildman–Crippen LogP) is 6.98. The van der Waals surface area contributed by atoms with E-state index < -0.39 is 22.6 Å². The summed E-state index contributed by atoms with van der Waals surface area (Å²) in [6.45, 7) is 3.59. The largest absolute Gasteiger partial charge is 0.489 e. The zero-order valence-electron chi connectivity index (χ0n) is 23.0. The molecule has 13 heteroatoms. The Kier molecular flexibility index (Phi) is 8.35. The molecule has 0 aliphatic rings. The summed E-state index contributed by atoms with van der Waals surface area (Å²) in [6.07, 6.45) is -3.87. The van der Waals surface area contributed by atoms with Crippen molar-refractivity contribution in [2.24, 2.45) is 0 Å². The van der Waals surface area contributed by atoms with Crippen LogP contribution < -0.4 is 14.8 Å². The maximum Gasteiger partial charge on any atom is 0.393 e. The second-order valence-electron chi connectivity index (χ2n) is 9.65. The minimum Gasteiger partial charge on any atom is -0.489 e. The van der Waals surface area contributed by atoms with Crippen molar-refractivity contribution in [3.05, 3.63) is 108 Å². The van der Waals surface area contributed by atoms with Crippen LogP contribution in [0.25, 0.3) is 11.3 Å². The van der Waals surface area contributed by atoms with Gasteiger partial charge in [-0.3, -0.25) is 0 Å². The van der Waals surface area contributed by atoms with Gasteiger partial charge in [0.15, 0.2) is 0 Å². The molecule has 222 valence electrons. The van der Waals surface area contributed by atoms with Gasteiger partial charge < -0.3 is 14.6 Å². The van der Waals surface area contributed by atoms with Crippen LogP contribution >= 0.6 is 0 Å². The fourth-order valence-corrected chi connectivity index (χ4v) is 5.17. The van der Waals surface area contributed by atoms with Crippen molar-refractivity contribution in [3.63, 3.8) is 0 Å². The van der Waals surface area contributed by atoms with Crippen molar-refractivity contribution in [3.8, 4) is 17.0 Å². The van der Waals surface area contributed by atoms with Gasteiger partial charge in [0, 0.05) is 22.9 Å². The van der Waals surface area contributed by atoms with E-state index in [9.17, 15) is 21.6 Å². The van der Waals surface area contributed by atoms with Crippen molar-refractivity contribution in [1.82, 2.24) is 15.1 Å². The second kappa shape index (κ2) is 12.1. The summed E-state index contributed by atoms with van der Waals surface area (Å²) < 4.78 is 76.8. The molecule has 0 aliphatic carbocycles. The highest BCUT2D eigenvalue weighted by atomic mass is 32.2. The molecule has 0 saturated heterocycles. The number of aryl methyl sites for hydroxylation is 1. The summed E-state index contributed by atoms with van der Waals surface area (Å²) in [5.41, 5.74) is 4.16. The van der Waals surface area contributed by atoms with Gasteiger partial charge in [-0.05, 0) is 61.4 Å². The number of benzene rings is 3. The van der Waals surface area contributed by atoms with Gasteiger partial charge in [0.1, 0.15) is 24.5 Å². The molecule has 0 atom stereocenters. The van der Waals surface area contributed by atoms with Gasteiger partial charge in [-0.1, -0.05) is 41.6 Å². The number of hydrogen-bond donors (Lipinski definition) is 2. The summed E-state index contributed by atoms with van der Waals surface area (Å²) in [5, 5.41) is 6.91. The molecule has 3 aromatic carbocycles. The molecule has 0 spiro atoms. The number of halogens is 3. The van der Waals surface area contributed by atoms with Gasteiger partial charge in [-0.2, -0.15) is 13.2 Å². The Morgan fingerprint density at radius 1 is 0.930 bits per heavy atom. The van der Waals surface area contributed by atoms with Crippen LogP contribution in [-0.2, 0) is 23.1 Å². The van der Waals surface area contributed by atoms with Gasteiger partial charge in [0.2, 0.25) is 5.88 Å². The normalized spacial score (nSPS) is 11.7. The van der Waals surface area contributed by atoms with E-state index in [0.29, 0.717) is 34.2 Å². The van der Waals surface area contributed by atoms with E-state index in [2.05, 4.69) is 25.2 Å². The van der Waals surface area contributed by atoms with Crippen molar-refractivity contribution < 1.29 is 30.8 Å². The third-order valence-electron chi connectivity index (χ3n) is 6.50. The topological polar surface area (TPSA) is 119 Å². The molecule has 0 unspecified atom stereocenters. The lowest BCUT2D eigenvalue weighted by Crippen LogP contribution is -2.13. The molecule has 43 heavy (non-hydrogen) atoms. The zero-order valence-corrected chi connectivity index (χ0v) is 23.8. The first-order valence-corrected chi connectivity index (χ1v) is 14.5. The van der Waals surface area contributed by atoms with Gasteiger partial charge in [0.25, 0.3) is 10.0 Å². The van der Waals surface area contributed by atoms with E-state index in [0.717, 1.165) is 11.1 Å². The first kappa shape index (κ1) is 29.6. The zero-order chi connectivity index (χ0) is 30.6. The van der Waals surface area contributed by atoms with E-state index >= 15 is 0 Å². The summed E-state index contributed by atoms with van der Waals surface area (Å²) in [6, 6.07) is 21.1. The van der Waals surface area contributed by atoms with Gasteiger partial charge in [-0.15, -0.1) is 0 Å². The molecule has 5 rings (SSSR count).